The van der Waals surface area contributed by atoms with Gasteiger partial charge in [-0.15, -0.1) is 0 Å². The smallest absolute Gasteiger partial charge is 0.161 e. The van der Waals surface area contributed by atoms with E-state index >= 15 is 0 Å². The fraction of sp³-hybridized carbons (Fsp3) is 0.625. The lowest BCUT2D eigenvalue weighted by Gasteiger charge is -2.23. The predicted molar refractivity (Wildman–Crippen MR) is 76.2 cm³/mol. The van der Waals surface area contributed by atoms with Crippen LogP contribution in [0.5, 0.6) is 11.5 Å². The number of benzene rings is 1. The Morgan fingerprint density at radius 2 is 1.95 bits per heavy atom. The molecule has 3 nitrogen and oxygen atoms in total. The monoisotopic (exact) mass is 261 g/mol. The molecule has 0 saturated carbocycles. The van der Waals surface area contributed by atoms with E-state index in [0.717, 1.165) is 24.5 Å². The summed E-state index contributed by atoms with van der Waals surface area (Å²) in [5.74, 6) is 2.36. The lowest BCUT2D eigenvalue weighted by atomic mass is 9.92. The van der Waals surface area contributed by atoms with E-state index in [1.807, 2.05) is 0 Å². The molecule has 1 aromatic rings. The molecule has 0 spiro atoms. The summed E-state index contributed by atoms with van der Waals surface area (Å²) in [4.78, 5) is 0. The maximum atomic E-state index is 5.72. The van der Waals surface area contributed by atoms with Crippen molar-refractivity contribution in [3.8, 4) is 11.5 Å². The van der Waals surface area contributed by atoms with E-state index in [4.69, 9.17) is 9.47 Å². The molecule has 2 aliphatic rings. The van der Waals surface area contributed by atoms with Crippen LogP contribution in [0.4, 0.5) is 0 Å². The van der Waals surface area contributed by atoms with Gasteiger partial charge >= 0.3 is 0 Å². The summed E-state index contributed by atoms with van der Waals surface area (Å²) in [5, 5.41) is 3.58. The highest BCUT2D eigenvalue weighted by Crippen LogP contribution is 2.36. The zero-order chi connectivity index (χ0) is 13.2. The molecule has 0 aliphatic carbocycles. The van der Waals surface area contributed by atoms with Crippen molar-refractivity contribution < 1.29 is 9.47 Å². The molecule has 19 heavy (non-hydrogen) atoms. The number of fused-ring (bicyclic) bond motifs is 1. The highest BCUT2D eigenvalue weighted by molar-refractivity contribution is 5.49. The van der Waals surface area contributed by atoms with Gasteiger partial charge in [-0.2, -0.15) is 0 Å². The van der Waals surface area contributed by atoms with Crippen LogP contribution in [0.3, 0.4) is 0 Å². The Labute approximate surface area is 115 Å². The van der Waals surface area contributed by atoms with Gasteiger partial charge in [-0.05, 0) is 55.0 Å². The van der Waals surface area contributed by atoms with Gasteiger partial charge in [-0.1, -0.05) is 13.8 Å². The molecule has 2 heterocycles. The summed E-state index contributed by atoms with van der Waals surface area (Å²) in [5.41, 5.74) is 2.82. The van der Waals surface area contributed by atoms with Crippen LogP contribution in [0, 0.1) is 0 Å². The Morgan fingerprint density at radius 3 is 2.58 bits per heavy atom. The normalized spacial score (nSPS) is 21.9. The molecule has 3 rings (SSSR count). The van der Waals surface area contributed by atoms with Crippen molar-refractivity contribution in [1.82, 2.24) is 5.32 Å². The zero-order valence-corrected chi connectivity index (χ0v) is 11.9. The lowest BCUT2D eigenvalue weighted by molar-refractivity contribution is 0.171. The molecule has 2 aliphatic heterocycles. The maximum absolute atomic E-state index is 5.72. The van der Waals surface area contributed by atoms with Crippen LogP contribution in [-0.4, -0.2) is 25.8 Å². The molecule has 1 atom stereocenters. The Balaban J connectivity index is 1.90. The minimum atomic E-state index is 0.521. The lowest BCUT2D eigenvalue weighted by Crippen LogP contribution is -2.24. The van der Waals surface area contributed by atoms with Crippen LogP contribution in [-0.2, 0) is 6.42 Å². The van der Waals surface area contributed by atoms with E-state index in [9.17, 15) is 0 Å². The topological polar surface area (TPSA) is 30.5 Å². The van der Waals surface area contributed by atoms with Crippen LogP contribution in [0.25, 0.3) is 0 Å². The number of hydrogen-bond donors (Lipinski definition) is 1. The SMILES string of the molecule is CC(C)c1cc2c(cc1CC1CCCN1)OCCO2. The molecule has 1 N–H and O–H groups in total. The molecule has 0 radical (unpaired) electrons. The van der Waals surface area contributed by atoms with E-state index in [1.54, 1.807) is 0 Å². The van der Waals surface area contributed by atoms with E-state index in [0.29, 0.717) is 25.2 Å². The molecule has 1 fully saturated rings. The van der Waals surface area contributed by atoms with Gasteiger partial charge in [0, 0.05) is 6.04 Å². The maximum Gasteiger partial charge on any atom is 0.161 e. The average molecular weight is 261 g/mol. The second kappa shape index (κ2) is 5.41. The van der Waals surface area contributed by atoms with Crippen molar-refractivity contribution in [2.75, 3.05) is 19.8 Å². The van der Waals surface area contributed by atoms with Gasteiger partial charge in [-0.3, -0.25) is 0 Å². The number of hydrogen-bond acceptors (Lipinski definition) is 3. The van der Waals surface area contributed by atoms with E-state index in [2.05, 4.69) is 31.3 Å². The van der Waals surface area contributed by atoms with Gasteiger partial charge in [0.2, 0.25) is 0 Å². The Hall–Kier alpha value is -1.22. The largest absolute Gasteiger partial charge is 0.486 e. The van der Waals surface area contributed by atoms with Crippen molar-refractivity contribution in [2.24, 2.45) is 0 Å². The van der Waals surface area contributed by atoms with Gasteiger partial charge in [0.1, 0.15) is 13.2 Å². The van der Waals surface area contributed by atoms with E-state index < -0.39 is 0 Å². The quantitative estimate of drug-likeness (QED) is 0.907. The highest BCUT2D eigenvalue weighted by Gasteiger charge is 2.21. The number of ether oxygens (including phenoxy) is 2. The van der Waals surface area contributed by atoms with Crippen LogP contribution in [0.2, 0.25) is 0 Å². The summed E-state index contributed by atoms with van der Waals surface area (Å²) < 4.78 is 11.4. The molecule has 0 aromatic heterocycles. The minimum absolute atomic E-state index is 0.521. The predicted octanol–water partition coefficient (Wildman–Crippen LogP) is 2.88. The molecule has 0 amide bonds. The first-order valence-corrected chi connectivity index (χ1v) is 7.40. The number of rotatable bonds is 3. The third-order valence-electron chi connectivity index (χ3n) is 4.05. The van der Waals surface area contributed by atoms with Gasteiger partial charge in [0.25, 0.3) is 0 Å². The summed E-state index contributed by atoms with van der Waals surface area (Å²) in [6.07, 6.45) is 3.68. The first kappa shape index (κ1) is 12.8. The first-order valence-electron chi connectivity index (χ1n) is 7.40. The van der Waals surface area contributed by atoms with Crippen molar-refractivity contribution in [3.63, 3.8) is 0 Å². The zero-order valence-electron chi connectivity index (χ0n) is 11.9. The summed E-state index contributed by atoms with van der Waals surface area (Å²) >= 11 is 0. The van der Waals surface area contributed by atoms with Crippen LogP contribution in [0.15, 0.2) is 12.1 Å². The first-order chi connectivity index (χ1) is 9.24. The molecule has 3 heteroatoms. The minimum Gasteiger partial charge on any atom is -0.486 e. The van der Waals surface area contributed by atoms with Crippen LogP contribution in [0.1, 0.15) is 43.7 Å². The van der Waals surface area contributed by atoms with E-state index in [-0.39, 0.29) is 0 Å². The van der Waals surface area contributed by atoms with Crippen LogP contribution < -0.4 is 14.8 Å². The Kier molecular flexibility index (Phi) is 3.65. The summed E-state index contributed by atoms with van der Waals surface area (Å²) in [7, 11) is 0. The van der Waals surface area contributed by atoms with E-state index in [1.165, 1.54) is 24.0 Å². The van der Waals surface area contributed by atoms with Crippen molar-refractivity contribution in [2.45, 2.75) is 45.1 Å². The van der Waals surface area contributed by atoms with Gasteiger partial charge < -0.3 is 14.8 Å². The molecule has 1 unspecified atom stereocenters. The fourth-order valence-electron chi connectivity index (χ4n) is 3.06. The molecular formula is C16H23NO2. The van der Waals surface area contributed by atoms with Crippen molar-refractivity contribution in [1.29, 1.82) is 0 Å². The Bertz CT molecular complexity index is 450. The third kappa shape index (κ3) is 2.71. The van der Waals surface area contributed by atoms with Gasteiger partial charge in [0.15, 0.2) is 11.5 Å². The second-order valence-corrected chi connectivity index (χ2v) is 5.85. The molecule has 1 aromatic carbocycles. The summed E-state index contributed by atoms with van der Waals surface area (Å²) in [6, 6.07) is 5.01. The Morgan fingerprint density at radius 1 is 1.21 bits per heavy atom. The van der Waals surface area contributed by atoms with Crippen molar-refractivity contribution in [3.05, 3.63) is 23.3 Å². The average Bonchev–Trinajstić information content (AvgIpc) is 2.90. The molecule has 0 bridgehead atoms. The third-order valence-corrected chi connectivity index (χ3v) is 4.05. The molecule has 104 valence electrons. The molecular weight excluding hydrogens is 238 g/mol. The highest BCUT2D eigenvalue weighted by atomic mass is 16.6. The number of nitrogens with one attached hydrogen (secondary N) is 1. The van der Waals surface area contributed by atoms with Gasteiger partial charge in [0.05, 0.1) is 0 Å². The van der Waals surface area contributed by atoms with Crippen LogP contribution >= 0.6 is 0 Å². The van der Waals surface area contributed by atoms with Crippen molar-refractivity contribution >= 4 is 0 Å². The summed E-state index contributed by atoms with van der Waals surface area (Å²) in [6.45, 7) is 6.98. The van der Waals surface area contributed by atoms with Gasteiger partial charge in [-0.25, -0.2) is 0 Å². The second-order valence-electron chi connectivity index (χ2n) is 5.85. The fourth-order valence-corrected chi connectivity index (χ4v) is 3.06. The molecule has 1 saturated heterocycles. The standard InChI is InChI=1S/C16H23NO2/c1-11(2)14-10-16-15(18-6-7-19-16)9-12(14)8-13-4-3-5-17-13/h9-11,13,17H,3-8H2,1-2H3.